The molecule has 1 amide bonds. The number of nitrogens with one attached hydrogen (secondary N) is 1. The summed E-state index contributed by atoms with van der Waals surface area (Å²) in [6, 6.07) is 17.6. The molecule has 1 aromatic heterocycles. The van der Waals surface area contributed by atoms with E-state index in [1.165, 1.54) is 0 Å². The van der Waals surface area contributed by atoms with Gasteiger partial charge in [-0.3, -0.25) is 9.78 Å². The van der Waals surface area contributed by atoms with Gasteiger partial charge in [-0.25, -0.2) is 0 Å². The van der Waals surface area contributed by atoms with Gasteiger partial charge in [-0.05, 0) is 36.8 Å². The van der Waals surface area contributed by atoms with E-state index in [0.717, 1.165) is 27.7 Å². The van der Waals surface area contributed by atoms with E-state index in [0.29, 0.717) is 6.42 Å². The molecular formula is C18H16N2O. The van der Waals surface area contributed by atoms with E-state index in [-0.39, 0.29) is 5.91 Å². The van der Waals surface area contributed by atoms with Crippen molar-refractivity contribution in [1.82, 2.24) is 4.98 Å². The van der Waals surface area contributed by atoms with Crippen molar-refractivity contribution in [3.05, 3.63) is 71.9 Å². The highest BCUT2D eigenvalue weighted by molar-refractivity contribution is 5.94. The van der Waals surface area contributed by atoms with E-state index in [9.17, 15) is 4.79 Å². The Morgan fingerprint density at radius 2 is 2.00 bits per heavy atom. The molecule has 0 bridgehead atoms. The zero-order valence-electron chi connectivity index (χ0n) is 11.8. The van der Waals surface area contributed by atoms with Gasteiger partial charge in [-0.1, -0.05) is 35.9 Å². The Morgan fingerprint density at radius 1 is 1.10 bits per heavy atom. The topological polar surface area (TPSA) is 42.0 Å². The fourth-order valence-corrected chi connectivity index (χ4v) is 2.37. The summed E-state index contributed by atoms with van der Waals surface area (Å²) in [6.07, 6.45) is 2.14. The monoisotopic (exact) mass is 276 g/mol. The number of fused-ring (bicyclic) bond motifs is 1. The number of anilines is 1. The highest BCUT2D eigenvalue weighted by atomic mass is 16.1. The van der Waals surface area contributed by atoms with E-state index in [1.54, 1.807) is 6.20 Å². The number of amides is 1. The standard InChI is InChI=1S/C18H16N2O/c1-13-4-2-5-14(10-13)11-18(21)20-16-7-8-17-15(12-16)6-3-9-19-17/h2-10,12H,11H2,1H3,(H,20,21). The first-order valence-corrected chi connectivity index (χ1v) is 6.91. The quantitative estimate of drug-likeness (QED) is 0.792. The molecule has 0 saturated carbocycles. The fourth-order valence-electron chi connectivity index (χ4n) is 2.37. The molecule has 104 valence electrons. The van der Waals surface area contributed by atoms with Crippen LogP contribution >= 0.6 is 0 Å². The predicted molar refractivity (Wildman–Crippen MR) is 85.3 cm³/mol. The first-order valence-electron chi connectivity index (χ1n) is 6.91. The lowest BCUT2D eigenvalue weighted by Crippen LogP contribution is -2.14. The molecule has 3 heteroatoms. The van der Waals surface area contributed by atoms with Crippen LogP contribution in [0.25, 0.3) is 10.9 Å². The highest BCUT2D eigenvalue weighted by Crippen LogP contribution is 2.17. The van der Waals surface area contributed by atoms with E-state index < -0.39 is 0 Å². The summed E-state index contributed by atoms with van der Waals surface area (Å²) in [4.78, 5) is 16.4. The van der Waals surface area contributed by atoms with Crippen LogP contribution in [0.3, 0.4) is 0 Å². The van der Waals surface area contributed by atoms with Gasteiger partial charge < -0.3 is 5.32 Å². The summed E-state index contributed by atoms with van der Waals surface area (Å²) in [7, 11) is 0. The maximum atomic E-state index is 12.1. The number of nitrogens with zero attached hydrogens (tertiary/aromatic N) is 1. The number of carbonyl (C=O) groups excluding carboxylic acids is 1. The minimum atomic E-state index is -0.0103. The minimum Gasteiger partial charge on any atom is -0.326 e. The lowest BCUT2D eigenvalue weighted by Gasteiger charge is -2.07. The Labute approximate surface area is 123 Å². The van der Waals surface area contributed by atoms with E-state index in [4.69, 9.17) is 0 Å². The third kappa shape index (κ3) is 3.26. The number of hydrogen-bond donors (Lipinski definition) is 1. The molecule has 0 saturated heterocycles. The summed E-state index contributed by atoms with van der Waals surface area (Å²) >= 11 is 0. The third-order valence-corrected chi connectivity index (χ3v) is 3.33. The van der Waals surface area contributed by atoms with Gasteiger partial charge in [0.2, 0.25) is 5.91 Å². The number of benzene rings is 2. The third-order valence-electron chi connectivity index (χ3n) is 3.33. The summed E-state index contributed by atoms with van der Waals surface area (Å²) in [5.41, 5.74) is 3.91. The van der Waals surface area contributed by atoms with Crippen LogP contribution in [-0.4, -0.2) is 10.9 Å². The molecular weight excluding hydrogens is 260 g/mol. The second-order valence-corrected chi connectivity index (χ2v) is 5.12. The molecule has 3 rings (SSSR count). The summed E-state index contributed by atoms with van der Waals surface area (Å²) in [6.45, 7) is 2.03. The van der Waals surface area contributed by atoms with Crippen LogP contribution in [0, 0.1) is 6.92 Å². The molecule has 3 aromatic rings. The van der Waals surface area contributed by atoms with Gasteiger partial charge in [0.1, 0.15) is 0 Å². The van der Waals surface area contributed by atoms with Crippen molar-refractivity contribution >= 4 is 22.5 Å². The molecule has 0 aliphatic carbocycles. The molecule has 1 heterocycles. The fraction of sp³-hybridized carbons (Fsp3) is 0.111. The van der Waals surface area contributed by atoms with Gasteiger partial charge >= 0.3 is 0 Å². The minimum absolute atomic E-state index is 0.0103. The van der Waals surface area contributed by atoms with E-state index in [2.05, 4.69) is 10.3 Å². The van der Waals surface area contributed by atoms with Gasteiger partial charge in [0.05, 0.1) is 11.9 Å². The predicted octanol–water partition coefficient (Wildman–Crippen LogP) is 3.72. The van der Waals surface area contributed by atoms with Gasteiger partial charge in [0.15, 0.2) is 0 Å². The average molecular weight is 276 g/mol. The molecule has 0 radical (unpaired) electrons. The van der Waals surface area contributed by atoms with Crippen LogP contribution in [0.4, 0.5) is 5.69 Å². The van der Waals surface area contributed by atoms with E-state index >= 15 is 0 Å². The lowest BCUT2D eigenvalue weighted by molar-refractivity contribution is -0.115. The second kappa shape index (κ2) is 5.75. The number of aryl methyl sites for hydroxylation is 1. The summed E-state index contributed by atoms with van der Waals surface area (Å²) < 4.78 is 0. The van der Waals surface area contributed by atoms with E-state index in [1.807, 2.05) is 61.5 Å². The smallest absolute Gasteiger partial charge is 0.228 e. The van der Waals surface area contributed by atoms with Crippen molar-refractivity contribution in [2.24, 2.45) is 0 Å². The van der Waals surface area contributed by atoms with Crippen LogP contribution in [0.15, 0.2) is 60.8 Å². The normalized spacial score (nSPS) is 10.5. The van der Waals surface area contributed by atoms with Gasteiger partial charge in [-0.2, -0.15) is 0 Å². The first-order chi connectivity index (χ1) is 10.2. The Hall–Kier alpha value is -2.68. The largest absolute Gasteiger partial charge is 0.326 e. The van der Waals surface area contributed by atoms with Crippen molar-refractivity contribution in [2.45, 2.75) is 13.3 Å². The number of hydrogen-bond acceptors (Lipinski definition) is 2. The van der Waals surface area contributed by atoms with Crippen molar-refractivity contribution in [3.8, 4) is 0 Å². The molecule has 0 aliphatic heterocycles. The van der Waals surface area contributed by atoms with Crippen molar-refractivity contribution in [1.29, 1.82) is 0 Å². The molecule has 0 unspecified atom stereocenters. The van der Waals surface area contributed by atoms with Crippen LogP contribution in [0.1, 0.15) is 11.1 Å². The summed E-state index contributed by atoms with van der Waals surface area (Å²) in [5, 5.41) is 3.95. The number of pyridine rings is 1. The number of rotatable bonds is 3. The maximum Gasteiger partial charge on any atom is 0.228 e. The molecule has 1 N–H and O–H groups in total. The maximum absolute atomic E-state index is 12.1. The second-order valence-electron chi connectivity index (χ2n) is 5.12. The molecule has 0 aliphatic rings. The average Bonchev–Trinajstić information content (AvgIpc) is 2.47. The SMILES string of the molecule is Cc1cccc(CC(=O)Nc2ccc3ncccc3c2)c1. The Kier molecular flexibility index (Phi) is 3.65. The Bertz CT molecular complexity index is 796. The van der Waals surface area contributed by atoms with Gasteiger partial charge in [0, 0.05) is 17.3 Å². The zero-order chi connectivity index (χ0) is 14.7. The Balaban J connectivity index is 1.74. The Morgan fingerprint density at radius 3 is 2.86 bits per heavy atom. The molecule has 0 atom stereocenters. The van der Waals surface area contributed by atoms with Crippen LogP contribution in [0.5, 0.6) is 0 Å². The molecule has 3 nitrogen and oxygen atoms in total. The van der Waals surface area contributed by atoms with Crippen LogP contribution < -0.4 is 5.32 Å². The van der Waals surface area contributed by atoms with Gasteiger partial charge in [-0.15, -0.1) is 0 Å². The number of carbonyl (C=O) groups is 1. The molecule has 2 aromatic carbocycles. The van der Waals surface area contributed by atoms with Crippen molar-refractivity contribution in [2.75, 3.05) is 5.32 Å². The van der Waals surface area contributed by atoms with Gasteiger partial charge in [0.25, 0.3) is 0 Å². The van der Waals surface area contributed by atoms with Crippen molar-refractivity contribution in [3.63, 3.8) is 0 Å². The highest BCUT2D eigenvalue weighted by Gasteiger charge is 2.05. The number of aromatic nitrogens is 1. The van der Waals surface area contributed by atoms with Crippen molar-refractivity contribution < 1.29 is 4.79 Å². The molecule has 0 spiro atoms. The molecule has 21 heavy (non-hydrogen) atoms. The molecule has 0 fully saturated rings. The zero-order valence-corrected chi connectivity index (χ0v) is 11.8. The summed E-state index contributed by atoms with van der Waals surface area (Å²) in [5.74, 6) is -0.0103. The lowest BCUT2D eigenvalue weighted by atomic mass is 10.1. The first kappa shape index (κ1) is 13.3. The van der Waals surface area contributed by atoms with Crippen LogP contribution in [0.2, 0.25) is 0 Å². The van der Waals surface area contributed by atoms with Crippen LogP contribution in [-0.2, 0) is 11.2 Å².